The van der Waals surface area contributed by atoms with E-state index in [1.54, 1.807) is 18.2 Å². The number of benzene rings is 3. The molecule has 0 radical (unpaired) electrons. The van der Waals surface area contributed by atoms with Crippen LogP contribution in [-0.2, 0) is 9.59 Å². The van der Waals surface area contributed by atoms with Gasteiger partial charge < -0.3 is 4.74 Å². The maximum Gasteiger partial charge on any atom is 0.270 e. The molecule has 1 heterocycles. The lowest BCUT2D eigenvalue weighted by Crippen LogP contribution is -2.54. The van der Waals surface area contributed by atoms with Crippen LogP contribution in [0.25, 0.3) is 16.8 Å². The number of nitrogens with one attached hydrogen (secondary N) is 1. The van der Waals surface area contributed by atoms with Crippen LogP contribution in [0, 0.1) is 0 Å². The van der Waals surface area contributed by atoms with E-state index in [2.05, 4.69) is 5.32 Å². The van der Waals surface area contributed by atoms with Crippen molar-refractivity contribution < 1.29 is 14.3 Å². The molecule has 5 nitrogen and oxygen atoms in total. The van der Waals surface area contributed by atoms with Crippen LogP contribution in [0.5, 0.6) is 5.75 Å². The summed E-state index contributed by atoms with van der Waals surface area (Å²) in [5.74, 6) is -0.636. The predicted molar refractivity (Wildman–Crippen MR) is 135 cm³/mol. The van der Waals surface area contributed by atoms with Gasteiger partial charge in [0.05, 0.1) is 22.3 Å². The first kappa shape index (κ1) is 23.7. The molecule has 0 saturated carbocycles. The fraction of sp³-hybridized carbons (Fsp3) is 0.125. The Bertz CT molecular complexity index is 1270. The van der Waals surface area contributed by atoms with E-state index in [0.717, 1.165) is 10.8 Å². The summed E-state index contributed by atoms with van der Waals surface area (Å²) in [6, 6.07) is 16.3. The van der Waals surface area contributed by atoms with Crippen LogP contribution < -0.4 is 15.0 Å². The van der Waals surface area contributed by atoms with Gasteiger partial charge in [-0.1, -0.05) is 67.0 Å². The van der Waals surface area contributed by atoms with Crippen molar-refractivity contribution in [2.45, 2.75) is 14.4 Å². The lowest BCUT2D eigenvalue weighted by atomic mass is 9.99. The highest BCUT2D eigenvalue weighted by atomic mass is 35.5. The number of hydrogen-bond acceptors (Lipinski definition) is 4. The van der Waals surface area contributed by atoms with Gasteiger partial charge in [0.1, 0.15) is 11.3 Å². The minimum absolute atomic E-state index is 0. The zero-order valence-electron chi connectivity index (χ0n) is 16.3. The Labute approximate surface area is 201 Å². The highest BCUT2D eigenvalue weighted by molar-refractivity contribution is 7.80. The van der Waals surface area contributed by atoms with Gasteiger partial charge in [-0.25, -0.2) is 0 Å². The molecule has 2 amide bonds. The molecule has 0 aromatic heterocycles. The summed E-state index contributed by atoms with van der Waals surface area (Å²) in [5.41, 5.74) is 0.823. The Kier molecular flexibility index (Phi) is 7.19. The number of thiocarbonyl (C=S) groups is 1. The highest BCUT2D eigenvalue weighted by Gasteiger charge is 2.36. The molecule has 1 saturated heterocycles. The summed E-state index contributed by atoms with van der Waals surface area (Å²) >= 11 is 17.7. The van der Waals surface area contributed by atoms with E-state index in [1.807, 2.05) is 43.3 Å². The smallest absolute Gasteiger partial charge is 0.270 e. The van der Waals surface area contributed by atoms with E-state index in [0.29, 0.717) is 17.9 Å². The van der Waals surface area contributed by atoms with E-state index in [4.69, 9.17) is 40.2 Å². The zero-order valence-corrected chi connectivity index (χ0v) is 18.6. The van der Waals surface area contributed by atoms with Gasteiger partial charge in [0.2, 0.25) is 0 Å². The lowest BCUT2D eigenvalue weighted by molar-refractivity contribution is -0.122. The quantitative estimate of drug-likeness (QED) is 0.278. The van der Waals surface area contributed by atoms with Crippen molar-refractivity contribution >= 4 is 74.9 Å². The van der Waals surface area contributed by atoms with Crippen molar-refractivity contribution in [2.24, 2.45) is 0 Å². The van der Waals surface area contributed by atoms with Crippen molar-refractivity contribution in [3.8, 4) is 5.75 Å². The van der Waals surface area contributed by atoms with E-state index in [9.17, 15) is 9.59 Å². The standard InChI is InChI=1S/C23H16Cl2N2O3S.CH4/c1-2-30-19-11-10-13-6-3-4-7-14(13)15(19)12-16-21(28)26-23(31)27(22(16)29)18-9-5-8-17(24)20(18)25;/h3-12H,2H2,1H3,(H,26,28,31);1H4/b16-12+;. The van der Waals surface area contributed by atoms with Crippen LogP contribution in [0.4, 0.5) is 5.69 Å². The van der Waals surface area contributed by atoms with Crippen LogP contribution in [0.3, 0.4) is 0 Å². The maximum absolute atomic E-state index is 13.4. The molecule has 0 unspecified atom stereocenters. The number of rotatable bonds is 4. The molecule has 3 aromatic carbocycles. The molecule has 0 spiro atoms. The van der Waals surface area contributed by atoms with E-state index >= 15 is 0 Å². The average Bonchev–Trinajstić information content (AvgIpc) is 2.75. The number of halogens is 2. The Morgan fingerprint density at radius 2 is 1.81 bits per heavy atom. The molecule has 1 aliphatic rings. The molecule has 0 atom stereocenters. The number of carbonyl (C=O) groups excluding carboxylic acids is 2. The van der Waals surface area contributed by atoms with Crippen molar-refractivity contribution in [2.75, 3.05) is 11.5 Å². The number of ether oxygens (including phenoxy) is 1. The van der Waals surface area contributed by atoms with Crippen LogP contribution >= 0.6 is 35.4 Å². The third kappa shape index (κ3) is 4.21. The normalized spacial score (nSPS) is 15.0. The van der Waals surface area contributed by atoms with Crippen molar-refractivity contribution in [3.63, 3.8) is 0 Å². The zero-order chi connectivity index (χ0) is 22.1. The largest absolute Gasteiger partial charge is 0.493 e. The minimum Gasteiger partial charge on any atom is -0.493 e. The molecule has 8 heteroatoms. The van der Waals surface area contributed by atoms with Gasteiger partial charge >= 0.3 is 0 Å². The van der Waals surface area contributed by atoms with Gasteiger partial charge in [-0.2, -0.15) is 0 Å². The molecule has 0 bridgehead atoms. The third-order valence-corrected chi connectivity index (χ3v) is 5.89. The van der Waals surface area contributed by atoms with Crippen LogP contribution in [0.15, 0.2) is 60.2 Å². The monoisotopic (exact) mass is 486 g/mol. The first-order valence-electron chi connectivity index (χ1n) is 9.42. The summed E-state index contributed by atoms with van der Waals surface area (Å²) in [7, 11) is 0. The molecular weight excluding hydrogens is 467 g/mol. The number of amides is 2. The fourth-order valence-corrected chi connectivity index (χ4v) is 4.05. The highest BCUT2D eigenvalue weighted by Crippen LogP contribution is 2.35. The topological polar surface area (TPSA) is 58.6 Å². The molecule has 32 heavy (non-hydrogen) atoms. The van der Waals surface area contributed by atoms with E-state index in [-0.39, 0.29) is 33.8 Å². The first-order chi connectivity index (χ1) is 14.9. The summed E-state index contributed by atoms with van der Waals surface area (Å²) in [6.07, 6.45) is 1.53. The van der Waals surface area contributed by atoms with Crippen molar-refractivity contribution in [1.29, 1.82) is 0 Å². The number of carbonyl (C=O) groups is 2. The molecule has 1 N–H and O–H groups in total. The Balaban J connectivity index is 0.00000289. The van der Waals surface area contributed by atoms with Gasteiger partial charge in [0.25, 0.3) is 11.8 Å². The lowest BCUT2D eigenvalue weighted by Gasteiger charge is -2.29. The number of fused-ring (bicyclic) bond motifs is 1. The van der Waals surface area contributed by atoms with Crippen LogP contribution in [-0.4, -0.2) is 23.5 Å². The molecular formula is C24H20Cl2N2O3S. The van der Waals surface area contributed by atoms with Crippen molar-refractivity contribution in [1.82, 2.24) is 5.32 Å². The van der Waals surface area contributed by atoms with Gasteiger partial charge in [0, 0.05) is 5.56 Å². The first-order valence-corrected chi connectivity index (χ1v) is 10.6. The van der Waals surface area contributed by atoms with E-state index < -0.39 is 11.8 Å². The second kappa shape index (κ2) is 9.69. The SMILES string of the molecule is C.CCOc1ccc2ccccc2c1/C=C1\C(=O)NC(=S)N(c2cccc(Cl)c2Cl)C1=O. The second-order valence-corrected chi connectivity index (χ2v) is 7.83. The van der Waals surface area contributed by atoms with Crippen LogP contribution in [0.2, 0.25) is 10.0 Å². The number of nitrogens with zero attached hydrogens (tertiary/aromatic N) is 1. The number of anilines is 1. The Morgan fingerprint density at radius 3 is 2.56 bits per heavy atom. The van der Waals surface area contributed by atoms with Gasteiger partial charge in [-0.3, -0.25) is 19.8 Å². The predicted octanol–water partition coefficient (Wildman–Crippen LogP) is 6.01. The average molecular weight is 487 g/mol. The van der Waals surface area contributed by atoms with E-state index in [1.165, 1.54) is 11.0 Å². The van der Waals surface area contributed by atoms with Gasteiger partial charge in [-0.15, -0.1) is 0 Å². The van der Waals surface area contributed by atoms with Crippen molar-refractivity contribution in [3.05, 3.63) is 75.8 Å². The summed E-state index contributed by atoms with van der Waals surface area (Å²) < 4.78 is 5.76. The summed E-state index contributed by atoms with van der Waals surface area (Å²) in [5, 5.41) is 4.72. The summed E-state index contributed by atoms with van der Waals surface area (Å²) in [6.45, 7) is 2.30. The molecule has 164 valence electrons. The Morgan fingerprint density at radius 1 is 1.06 bits per heavy atom. The minimum atomic E-state index is -0.603. The van der Waals surface area contributed by atoms with Crippen LogP contribution in [0.1, 0.15) is 19.9 Å². The maximum atomic E-state index is 13.4. The molecule has 4 rings (SSSR count). The molecule has 1 fully saturated rings. The second-order valence-electron chi connectivity index (χ2n) is 6.66. The van der Waals surface area contributed by atoms with Gasteiger partial charge in [0.15, 0.2) is 5.11 Å². The third-order valence-electron chi connectivity index (χ3n) is 4.79. The molecule has 3 aromatic rings. The summed E-state index contributed by atoms with van der Waals surface area (Å²) in [4.78, 5) is 27.3. The van der Waals surface area contributed by atoms with Gasteiger partial charge in [-0.05, 0) is 54.2 Å². The Hall–Kier alpha value is -2.93. The number of hydrogen-bond donors (Lipinski definition) is 1. The fourth-order valence-electron chi connectivity index (χ4n) is 3.39. The molecule has 1 aliphatic heterocycles. The molecule has 0 aliphatic carbocycles.